The van der Waals surface area contributed by atoms with Gasteiger partial charge in [-0.3, -0.25) is 9.59 Å². The molecule has 0 aliphatic carbocycles. The molecule has 2 amide bonds. The average molecular weight is 447 g/mol. The molecule has 0 spiro atoms. The van der Waals surface area contributed by atoms with E-state index >= 15 is 0 Å². The molecule has 0 bridgehead atoms. The van der Waals surface area contributed by atoms with Crippen molar-refractivity contribution in [1.29, 1.82) is 0 Å². The highest BCUT2D eigenvalue weighted by Gasteiger charge is 2.26. The number of carbonyl (C=O) groups is 2. The first-order valence-electron chi connectivity index (χ1n) is 10.3. The molecule has 0 unspecified atom stereocenters. The van der Waals surface area contributed by atoms with Gasteiger partial charge < -0.3 is 10.2 Å². The molecular weight excluding hydrogens is 416 g/mol. The second kappa shape index (κ2) is 12.0. The summed E-state index contributed by atoms with van der Waals surface area (Å²) >= 11 is 7.54. The van der Waals surface area contributed by atoms with E-state index in [0.29, 0.717) is 36.2 Å². The summed E-state index contributed by atoms with van der Waals surface area (Å²) in [7, 11) is 0. The number of hydrogen-bond acceptors (Lipinski definition) is 3. The second-order valence-corrected chi connectivity index (χ2v) is 9.48. The number of benzene rings is 2. The lowest BCUT2D eigenvalue weighted by Crippen LogP contribution is -2.48. The Balaban J connectivity index is 2.05. The zero-order valence-corrected chi connectivity index (χ0v) is 19.7. The average Bonchev–Trinajstić information content (AvgIpc) is 2.71. The molecule has 0 aliphatic heterocycles. The van der Waals surface area contributed by atoms with Crippen molar-refractivity contribution in [2.45, 2.75) is 51.6 Å². The van der Waals surface area contributed by atoms with Crippen LogP contribution in [0.1, 0.15) is 38.3 Å². The summed E-state index contributed by atoms with van der Waals surface area (Å²) in [6.45, 7) is 8.94. The number of hydrogen-bond donors (Lipinski definition) is 1. The van der Waals surface area contributed by atoms with Crippen LogP contribution in [0.3, 0.4) is 0 Å². The molecule has 6 heteroatoms. The van der Waals surface area contributed by atoms with Gasteiger partial charge in [0.1, 0.15) is 6.04 Å². The van der Waals surface area contributed by atoms with E-state index in [1.54, 1.807) is 23.6 Å². The van der Waals surface area contributed by atoms with E-state index in [0.717, 1.165) is 16.0 Å². The number of halogens is 1. The topological polar surface area (TPSA) is 49.4 Å². The van der Waals surface area contributed by atoms with Gasteiger partial charge >= 0.3 is 0 Å². The summed E-state index contributed by atoms with van der Waals surface area (Å²) in [6.07, 6.45) is 0.362. The molecule has 0 aromatic heterocycles. The first-order chi connectivity index (χ1) is 14.3. The molecule has 0 fully saturated rings. The third kappa shape index (κ3) is 8.04. The van der Waals surface area contributed by atoms with Crippen LogP contribution in [0, 0.1) is 12.8 Å². The summed E-state index contributed by atoms with van der Waals surface area (Å²) in [5.41, 5.74) is 2.16. The maximum atomic E-state index is 13.1. The molecule has 1 N–H and O–H groups in total. The van der Waals surface area contributed by atoms with E-state index in [-0.39, 0.29) is 11.8 Å². The fraction of sp³-hybridized carbons (Fsp3) is 0.417. The molecule has 2 rings (SSSR count). The Bertz CT molecular complexity index is 839. The monoisotopic (exact) mass is 446 g/mol. The minimum Gasteiger partial charge on any atom is -0.354 e. The molecule has 0 saturated carbocycles. The van der Waals surface area contributed by atoms with Crippen molar-refractivity contribution in [3.05, 3.63) is 64.7 Å². The van der Waals surface area contributed by atoms with Gasteiger partial charge in [-0.25, -0.2) is 0 Å². The number of rotatable bonds is 10. The Morgan fingerprint density at radius 3 is 2.43 bits per heavy atom. The molecule has 4 nitrogen and oxygen atoms in total. The van der Waals surface area contributed by atoms with Gasteiger partial charge in [0.15, 0.2) is 0 Å². The molecule has 0 saturated heterocycles. The zero-order chi connectivity index (χ0) is 22.1. The summed E-state index contributed by atoms with van der Waals surface area (Å²) in [6, 6.07) is 15.1. The summed E-state index contributed by atoms with van der Waals surface area (Å²) in [5, 5.41) is 3.65. The minimum atomic E-state index is -0.530. The maximum Gasteiger partial charge on any atom is 0.242 e. The quantitative estimate of drug-likeness (QED) is 0.502. The number of amides is 2. The van der Waals surface area contributed by atoms with E-state index < -0.39 is 6.04 Å². The molecule has 0 radical (unpaired) electrons. The molecule has 2 aromatic carbocycles. The van der Waals surface area contributed by atoms with E-state index in [4.69, 9.17) is 11.6 Å². The van der Waals surface area contributed by atoms with Gasteiger partial charge in [-0.2, -0.15) is 0 Å². The lowest BCUT2D eigenvalue weighted by molar-refractivity contribution is -0.140. The van der Waals surface area contributed by atoms with Crippen molar-refractivity contribution < 1.29 is 9.59 Å². The SMILES string of the molecule is Cc1cccc(CN(C(=O)CCSc2ccc(Cl)cc2)[C@@H](C)C(=O)NCC(C)C)c1. The first-order valence-corrected chi connectivity index (χ1v) is 11.6. The van der Waals surface area contributed by atoms with Gasteiger partial charge in [-0.1, -0.05) is 55.3 Å². The predicted octanol–water partition coefficient (Wildman–Crippen LogP) is 5.32. The maximum absolute atomic E-state index is 13.1. The lowest BCUT2D eigenvalue weighted by Gasteiger charge is -2.29. The number of carbonyl (C=O) groups excluding carboxylic acids is 2. The van der Waals surface area contributed by atoms with Crippen molar-refractivity contribution in [2.75, 3.05) is 12.3 Å². The van der Waals surface area contributed by atoms with Crippen molar-refractivity contribution in [2.24, 2.45) is 5.92 Å². The number of nitrogens with one attached hydrogen (secondary N) is 1. The van der Waals surface area contributed by atoms with Gasteiger partial charge in [-0.15, -0.1) is 11.8 Å². The van der Waals surface area contributed by atoms with Gasteiger partial charge in [-0.05, 0) is 49.6 Å². The first kappa shape index (κ1) is 24.3. The lowest BCUT2D eigenvalue weighted by atomic mass is 10.1. The van der Waals surface area contributed by atoms with Gasteiger partial charge in [0.2, 0.25) is 11.8 Å². The van der Waals surface area contributed by atoms with Crippen LogP contribution in [0.15, 0.2) is 53.4 Å². The highest BCUT2D eigenvalue weighted by atomic mass is 35.5. The molecule has 2 aromatic rings. The van der Waals surface area contributed by atoms with Crippen molar-refractivity contribution in [3.8, 4) is 0 Å². The molecule has 0 aliphatic rings. The van der Waals surface area contributed by atoms with Crippen molar-refractivity contribution >= 4 is 35.2 Å². The fourth-order valence-corrected chi connectivity index (χ4v) is 3.94. The second-order valence-electron chi connectivity index (χ2n) is 7.88. The third-order valence-corrected chi connectivity index (χ3v) is 5.95. The molecule has 1 atom stereocenters. The van der Waals surface area contributed by atoms with Crippen LogP contribution in [0.2, 0.25) is 5.02 Å². The highest BCUT2D eigenvalue weighted by molar-refractivity contribution is 7.99. The van der Waals surface area contributed by atoms with Crippen LogP contribution in [-0.4, -0.2) is 35.1 Å². The zero-order valence-electron chi connectivity index (χ0n) is 18.2. The number of nitrogens with zero attached hydrogens (tertiary/aromatic N) is 1. The minimum absolute atomic E-state index is 0.0230. The van der Waals surface area contributed by atoms with Crippen molar-refractivity contribution in [3.63, 3.8) is 0 Å². The Kier molecular flexibility index (Phi) is 9.73. The van der Waals surface area contributed by atoms with E-state index in [1.165, 1.54) is 0 Å². The van der Waals surface area contributed by atoms with Crippen LogP contribution in [0.25, 0.3) is 0 Å². The predicted molar refractivity (Wildman–Crippen MR) is 126 cm³/mol. The van der Waals surface area contributed by atoms with Crippen molar-refractivity contribution in [1.82, 2.24) is 10.2 Å². The molecular formula is C24H31ClN2O2S. The molecule has 30 heavy (non-hydrogen) atoms. The normalized spacial score (nSPS) is 11.9. The largest absolute Gasteiger partial charge is 0.354 e. The van der Waals surface area contributed by atoms with E-state index in [9.17, 15) is 9.59 Å². The summed E-state index contributed by atoms with van der Waals surface area (Å²) in [4.78, 5) is 28.5. The van der Waals surface area contributed by atoms with E-state index in [1.807, 2.05) is 49.4 Å². The summed E-state index contributed by atoms with van der Waals surface area (Å²) < 4.78 is 0. The smallest absolute Gasteiger partial charge is 0.242 e. The Morgan fingerprint density at radius 1 is 1.10 bits per heavy atom. The Labute approximate surface area is 189 Å². The molecule has 162 valence electrons. The van der Waals surface area contributed by atoms with Gasteiger partial charge in [0, 0.05) is 35.2 Å². The van der Waals surface area contributed by atoms with Crippen LogP contribution in [-0.2, 0) is 16.1 Å². The summed E-state index contributed by atoms with van der Waals surface area (Å²) in [5.74, 6) is 0.864. The van der Waals surface area contributed by atoms with Crippen LogP contribution in [0.4, 0.5) is 0 Å². The van der Waals surface area contributed by atoms with Crippen LogP contribution in [0.5, 0.6) is 0 Å². The van der Waals surface area contributed by atoms with Gasteiger partial charge in [0.25, 0.3) is 0 Å². The van der Waals surface area contributed by atoms with E-state index in [2.05, 4.69) is 25.2 Å². The Morgan fingerprint density at radius 2 is 1.80 bits per heavy atom. The number of aryl methyl sites for hydroxylation is 1. The Hall–Kier alpha value is -1.98. The molecule has 0 heterocycles. The fourth-order valence-electron chi connectivity index (χ4n) is 2.97. The van der Waals surface area contributed by atoms with Crippen LogP contribution < -0.4 is 5.32 Å². The highest BCUT2D eigenvalue weighted by Crippen LogP contribution is 2.22. The number of thioether (sulfide) groups is 1. The van der Waals surface area contributed by atoms with Gasteiger partial charge in [0.05, 0.1) is 0 Å². The standard InChI is InChI=1S/C24H31ClN2O2S/c1-17(2)15-26-24(29)19(4)27(16-20-7-5-6-18(3)14-20)23(28)12-13-30-22-10-8-21(25)9-11-22/h5-11,14,17,19H,12-13,15-16H2,1-4H3,(H,26,29)/t19-/m0/s1. The van der Waals surface area contributed by atoms with Crippen LogP contribution >= 0.6 is 23.4 Å². The third-order valence-electron chi connectivity index (χ3n) is 4.69.